The Labute approximate surface area is 102 Å². The van der Waals surface area contributed by atoms with E-state index in [2.05, 4.69) is 20.7 Å². The van der Waals surface area contributed by atoms with Crippen LogP contribution in [0.4, 0.5) is 0 Å². The molecule has 0 bridgehead atoms. The molecule has 0 unspecified atom stereocenters. The highest BCUT2D eigenvalue weighted by Gasteiger charge is 2.10. The van der Waals surface area contributed by atoms with Crippen LogP contribution in [0, 0.1) is 6.92 Å². The van der Waals surface area contributed by atoms with Gasteiger partial charge in [-0.2, -0.15) is 5.10 Å². The molecule has 0 fully saturated rings. The van der Waals surface area contributed by atoms with Crippen LogP contribution in [0.25, 0.3) is 0 Å². The highest BCUT2D eigenvalue weighted by Crippen LogP contribution is 1.98. The van der Waals surface area contributed by atoms with Crippen LogP contribution in [0.3, 0.4) is 0 Å². The van der Waals surface area contributed by atoms with E-state index in [1.165, 1.54) is 12.5 Å². The Morgan fingerprint density at radius 3 is 3.00 bits per heavy atom. The van der Waals surface area contributed by atoms with Gasteiger partial charge < -0.3 is 9.52 Å². The first-order valence-corrected chi connectivity index (χ1v) is 5.28. The third kappa shape index (κ3) is 2.76. The molecule has 2 heterocycles. The maximum absolute atomic E-state index is 11.5. The highest BCUT2D eigenvalue weighted by molar-refractivity contribution is 5.81. The van der Waals surface area contributed by atoms with Gasteiger partial charge in [0.1, 0.15) is 5.76 Å². The SMILES string of the molecule is Cc1[nH][nH]c(=O)c1CC(=O)N/N=C/c1ccco1. The molecule has 0 radical (unpaired) electrons. The number of hydrazone groups is 1. The van der Waals surface area contributed by atoms with E-state index in [0.717, 1.165) is 0 Å². The number of nitrogens with one attached hydrogen (secondary N) is 3. The molecular formula is C11H12N4O3. The van der Waals surface area contributed by atoms with Crippen molar-refractivity contribution in [2.45, 2.75) is 13.3 Å². The van der Waals surface area contributed by atoms with Gasteiger partial charge in [-0.25, -0.2) is 5.43 Å². The summed E-state index contributed by atoms with van der Waals surface area (Å²) in [5, 5.41) is 8.77. The second kappa shape index (κ2) is 5.17. The summed E-state index contributed by atoms with van der Waals surface area (Å²) in [7, 11) is 0. The molecule has 0 saturated carbocycles. The van der Waals surface area contributed by atoms with Gasteiger partial charge in [0.15, 0.2) is 0 Å². The molecule has 0 aliphatic heterocycles. The highest BCUT2D eigenvalue weighted by atomic mass is 16.3. The minimum atomic E-state index is -0.369. The number of carbonyl (C=O) groups is 1. The Hall–Kier alpha value is -2.57. The molecule has 7 heteroatoms. The fourth-order valence-corrected chi connectivity index (χ4v) is 1.42. The summed E-state index contributed by atoms with van der Waals surface area (Å²) in [6.45, 7) is 1.71. The Balaban J connectivity index is 1.92. The standard InChI is InChI=1S/C11H12N4O3/c1-7-9(11(17)15-13-7)5-10(16)14-12-6-8-3-2-4-18-8/h2-4,6H,5H2,1H3,(H,14,16)(H2,13,15,17)/b12-6+. The van der Waals surface area contributed by atoms with Crippen molar-refractivity contribution < 1.29 is 9.21 Å². The van der Waals surface area contributed by atoms with Gasteiger partial charge in [-0.15, -0.1) is 0 Å². The summed E-state index contributed by atoms with van der Waals surface area (Å²) in [4.78, 5) is 22.8. The van der Waals surface area contributed by atoms with Gasteiger partial charge in [0.2, 0.25) is 5.91 Å². The first-order chi connectivity index (χ1) is 8.66. The Morgan fingerprint density at radius 2 is 2.39 bits per heavy atom. The van der Waals surface area contributed by atoms with Crippen molar-refractivity contribution in [1.29, 1.82) is 0 Å². The van der Waals surface area contributed by atoms with Gasteiger partial charge in [0.05, 0.1) is 18.9 Å². The van der Waals surface area contributed by atoms with Gasteiger partial charge in [-0.3, -0.25) is 14.7 Å². The van der Waals surface area contributed by atoms with E-state index < -0.39 is 0 Å². The lowest BCUT2D eigenvalue weighted by atomic mass is 10.2. The average Bonchev–Trinajstić information content (AvgIpc) is 2.94. The van der Waals surface area contributed by atoms with Crippen LogP contribution in [-0.2, 0) is 11.2 Å². The van der Waals surface area contributed by atoms with E-state index in [1.807, 2.05) is 0 Å². The van der Waals surface area contributed by atoms with Crippen LogP contribution in [0.1, 0.15) is 17.0 Å². The number of H-pyrrole nitrogens is 2. The molecular weight excluding hydrogens is 236 g/mol. The van der Waals surface area contributed by atoms with E-state index in [0.29, 0.717) is 17.0 Å². The number of carbonyl (C=O) groups excluding carboxylic acids is 1. The van der Waals surface area contributed by atoms with Crippen LogP contribution >= 0.6 is 0 Å². The van der Waals surface area contributed by atoms with Gasteiger partial charge in [-0.05, 0) is 19.1 Å². The topological polar surface area (TPSA) is 103 Å². The van der Waals surface area contributed by atoms with Gasteiger partial charge in [0, 0.05) is 11.3 Å². The molecule has 2 aromatic rings. The molecule has 0 aromatic carbocycles. The Morgan fingerprint density at radius 1 is 1.56 bits per heavy atom. The first-order valence-electron chi connectivity index (χ1n) is 5.28. The van der Waals surface area contributed by atoms with Gasteiger partial charge >= 0.3 is 0 Å². The summed E-state index contributed by atoms with van der Waals surface area (Å²) in [6.07, 6.45) is 2.86. The number of nitrogens with zero attached hydrogens (tertiary/aromatic N) is 1. The summed E-state index contributed by atoms with van der Waals surface area (Å²) in [5.41, 5.74) is 3.07. The van der Waals surface area contributed by atoms with Gasteiger partial charge in [0.25, 0.3) is 5.56 Å². The van der Waals surface area contributed by atoms with Crippen LogP contribution in [-0.4, -0.2) is 22.3 Å². The largest absolute Gasteiger partial charge is 0.463 e. The second-order valence-electron chi connectivity index (χ2n) is 3.67. The normalized spacial score (nSPS) is 10.9. The van der Waals surface area contributed by atoms with Crippen molar-refractivity contribution in [2.24, 2.45) is 5.10 Å². The molecule has 0 aliphatic rings. The lowest BCUT2D eigenvalue weighted by molar-refractivity contribution is -0.120. The molecule has 1 amide bonds. The molecule has 2 rings (SSSR count). The predicted octanol–water partition coefficient (Wildman–Crippen LogP) is 0.297. The lowest BCUT2D eigenvalue weighted by Gasteiger charge is -1.97. The molecule has 0 aliphatic carbocycles. The van der Waals surface area contributed by atoms with E-state index in [-0.39, 0.29) is 17.9 Å². The summed E-state index contributed by atoms with van der Waals surface area (Å²) in [5.74, 6) is 0.164. The summed E-state index contributed by atoms with van der Waals surface area (Å²) < 4.78 is 5.00. The smallest absolute Gasteiger partial charge is 0.267 e. The molecule has 2 aromatic heterocycles. The fourth-order valence-electron chi connectivity index (χ4n) is 1.42. The van der Waals surface area contributed by atoms with E-state index in [1.54, 1.807) is 19.1 Å². The Bertz CT molecular complexity index is 607. The quantitative estimate of drug-likeness (QED) is 0.535. The van der Waals surface area contributed by atoms with Crippen LogP contribution in [0.15, 0.2) is 32.7 Å². The number of rotatable bonds is 4. The average molecular weight is 248 g/mol. The zero-order valence-electron chi connectivity index (χ0n) is 9.69. The number of hydrogen-bond donors (Lipinski definition) is 3. The fraction of sp³-hybridized carbons (Fsp3) is 0.182. The molecule has 0 atom stereocenters. The maximum atomic E-state index is 11.5. The second-order valence-corrected chi connectivity index (χ2v) is 3.67. The maximum Gasteiger partial charge on any atom is 0.267 e. The number of hydrogen-bond acceptors (Lipinski definition) is 4. The van der Waals surface area contributed by atoms with Crippen molar-refractivity contribution in [3.05, 3.63) is 45.8 Å². The molecule has 7 nitrogen and oxygen atoms in total. The first kappa shape index (κ1) is 11.9. The van der Waals surface area contributed by atoms with E-state index in [4.69, 9.17) is 4.42 Å². The van der Waals surface area contributed by atoms with Crippen LogP contribution in [0.5, 0.6) is 0 Å². The van der Waals surface area contributed by atoms with Gasteiger partial charge in [-0.1, -0.05) is 0 Å². The van der Waals surface area contributed by atoms with Crippen molar-refractivity contribution >= 4 is 12.1 Å². The minimum absolute atomic E-state index is 0.0276. The molecule has 0 saturated heterocycles. The molecule has 18 heavy (non-hydrogen) atoms. The number of aromatic amines is 2. The predicted molar refractivity (Wildman–Crippen MR) is 64.3 cm³/mol. The number of furan rings is 1. The number of aryl methyl sites for hydroxylation is 1. The monoisotopic (exact) mass is 248 g/mol. The van der Waals surface area contributed by atoms with E-state index in [9.17, 15) is 9.59 Å². The third-order valence-corrected chi connectivity index (χ3v) is 2.35. The number of amides is 1. The van der Waals surface area contributed by atoms with Crippen molar-refractivity contribution in [1.82, 2.24) is 15.6 Å². The van der Waals surface area contributed by atoms with Crippen molar-refractivity contribution in [3.63, 3.8) is 0 Å². The van der Waals surface area contributed by atoms with Crippen molar-refractivity contribution in [2.75, 3.05) is 0 Å². The zero-order chi connectivity index (χ0) is 13.0. The molecule has 3 N–H and O–H groups in total. The third-order valence-electron chi connectivity index (χ3n) is 2.35. The van der Waals surface area contributed by atoms with Crippen LogP contribution < -0.4 is 11.0 Å². The minimum Gasteiger partial charge on any atom is -0.463 e. The van der Waals surface area contributed by atoms with Crippen molar-refractivity contribution in [3.8, 4) is 0 Å². The van der Waals surface area contributed by atoms with Crippen LogP contribution in [0.2, 0.25) is 0 Å². The summed E-state index contributed by atoms with van der Waals surface area (Å²) >= 11 is 0. The lowest BCUT2D eigenvalue weighted by Crippen LogP contribution is -2.23. The zero-order valence-corrected chi connectivity index (χ0v) is 9.69. The molecule has 0 spiro atoms. The molecule has 94 valence electrons. The Kier molecular flexibility index (Phi) is 3.42. The van der Waals surface area contributed by atoms with E-state index >= 15 is 0 Å². The number of aromatic nitrogens is 2. The summed E-state index contributed by atoms with van der Waals surface area (Å²) in [6, 6.07) is 3.42.